The molecule has 0 fully saturated rings. The van der Waals surface area contributed by atoms with E-state index < -0.39 is 5.97 Å². The summed E-state index contributed by atoms with van der Waals surface area (Å²) >= 11 is 0. The molecule has 1 N–H and O–H groups in total. The van der Waals surface area contributed by atoms with E-state index in [1.54, 1.807) is 6.92 Å². The zero-order chi connectivity index (χ0) is 15.3. The van der Waals surface area contributed by atoms with Crippen molar-refractivity contribution in [2.75, 3.05) is 6.61 Å². The first-order chi connectivity index (χ1) is 8.79. The third-order valence-corrected chi connectivity index (χ3v) is 2.11. The number of carboxylic acids is 1. The number of ether oxygens (including phenoxy) is 1. The fourth-order valence-corrected chi connectivity index (χ4v) is 0.992. The van der Waals surface area contributed by atoms with Crippen molar-refractivity contribution in [1.82, 2.24) is 0 Å². The molecule has 0 atom stereocenters. The number of aliphatic carboxylic acids is 1. The molecular weight excluding hydrogens is 244 g/mol. The zero-order valence-corrected chi connectivity index (χ0v) is 12.7. The molecule has 0 radical (unpaired) electrons. The van der Waals surface area contributed by atoms with Gasteiger partial charge in [0, 0.05) is 13.3 Å². The third-order valence-electron chi connectivity index (χ3n) is 2.11. The third kappa shape index (κ3) is 22.1. The van der Waals surface area contributed by atoms with Crippen molar-refractivity contribution in [3.8, 4) is 0 Å². The lowest BCUT2D eigenvalue weighted by Gasteiger charge is -2.00. The number of carbonyl (C=O) groups excluding carboxylic acids is 1. The Balaban J connectivity index is 0. The number of hydrogen-bond donors (Lipinski definition) is 1. The minimum atomic E-state index is -0.745. The minimum absolute atomic E-state index is 0.222. The first kappa shape index (κ1) is 19.8. The van der Waals surface area contributed by atoms with Gasteiger partial charge in [0.15, 0.2) is 0 Å². The lowest BCUT2D eigenvalue weighted by atomic mass is 10.1. The van der Waals surface area contributed by atoms with Crippen LogP contribution in [0.3, 0.4) is 0 Å². The van der Waals surface area contributed by atoms with Crippen LogP contribution in [0.2, 0.25) is 0 Å². The predicted octanol–water partition coefficient (Wildman–Crippen LogP) is 3.72. The van der Waals surface area contributed by atoms with Gasteiger partial charge in [0.1, 0.15) is 6.61 Å². The predicted molar refractivity (Wildman–Crippen MR) is 77.0 cm³/mol. The Morgan fingerprint density at radius 1 is 1.11 bits per heavy atom. The quantitative estimate of drug-likeness (QED) is 0.590. The molecule has 110 valence electrons. The van der Waals surface area contributed by atoms with E-state index in [2.05, 4.69) is 26.8 Å². The zero-order valence-electron chi connectivity index (χ0n) is 12.7. The molecule has 0 aliphatic rings. The highest BCUT2D eigenvalue weighted by molar-refractivity contribution is 5.66. The molecule has 0 unspecified atom stereocenters. The molecule has 0 aromatic carbocycles. The number of esters is 1. The van der Waals surface area contributed by atoms with Crippen molar-refractivity contribution in [3.63, 3.8) is 0 Å². The van der Waals surface area contributed by atoms with Crippen molar-refractivity contribution >= 4 is 11.9 Å². The van der Waals surface area contributed by atoms with Gasteiger partial charge >= 0.3 is 11.9 Å². The molecule has 0 heterocycles. The van der Waals surface area contributed by atoms with Crippen LogP contribution in [-0.2, 0) is 14.3 Å². The molecule has 0 aliphatic carbocycles. The molecule has 0 aromatic heterocycles. The summed E-state index contributed by atoms with van der Waals surface area (Å²) in [6.07, 6.45) is 6.49. The fourth-order valence-electron chi connectivity index (χ4n) is 0.992. The molecule has 0 bridgehead atoms. The average Bonchev–Trinajstić information content (AvgIpc) is 2.28. The summed E-state index contributed by atoms with van der Waals surface area (Å²) in [7, 11) is 0. The number of allylic oxidation sites excluding steroid dienone is 3. The van der Waals surface area contributed by atoms with E-state index in [0.717, 1.165) is 12.8 Å². The van der Waals surface area contributed by atoms with Gasteiger partial charge in [0.2, 0.25) is 0 Å². The Hall–Kier alpha value is -1.58. The van der Waals surface area contributed by atoms with E-state index in [9.17, 15) is 9.59 Å². The van der Waals surface area contributed by atoms with E-state index >= 15 is 0 Å². The van der Waals surface area contributed by atoms with Crippen LogP contribution in [0.5, 0.6) is 0 Å². The fraction of sp³-hybridized carbons (Fsp3) is 0.600. The second-order valence-electron chi connectivity index (χ2n) is 4.42. The van der Waals surface area contributed by atoms with Crippen molar-refractivity contribution in [2.24, 2.45) is 0 Å². The molecule has 4 nitrogen and oxygen atoms in total. The van der Waals surface area contributed by atoms with Gasteiger partial charge in [-0.15, -0.1) is 0 Å². The highest BCUT2D eigenvalue weighted by atomic mass is 16.5. The van der Waals surface area contributed by atoms with Crippen LogP contribution >= 0.6 is 0 Å². The van der Waals surface area contributed by atoms with E-state index in [1.165, 1.54) is 18.1 Å². The highest BCUT2D eigenvalue weighted by Crippen LogP contribution is 2.06. The second kappa shape index (κ2) is 12.9. The summed E-state index contributed by atoms with van der Waals surface area (Å²) in [5.74, 6) is -0.969. The maximum Gasteiger partial charge on any atom is 0.303 e. The van der Waals surface area contributed by atoms with Crippen molar-refractivity contribution in [3.05, 3.63) is 23.3 Å². The molecule has 0 aliphatic heterocycles. The standard InChI is InChI=1S/C12H20O2.C3H6O2/c1-10(2)6-5-7-11(3)8-9-14-12(4)13;1-2-3(4)5/h6,8H,5,7,9H2,1-4H3;2H2,1H3,(H,4,5)/b11-8+;. The van der Waals surface area contributed by atoms with Crippen LogP contribution in [0.25, 0.3) is 0 Å². The molecule has 19 heavy (non-hydrogen) atoms. The van der Waals surface area contributed by atoms with Crippen molar-refractivity contribution in [2.45, 2.75) is 53.9 Å². The average molecular weight is 270 g/mol. The normalized spacial score (nSPS) is 10.1. The number of rotatable bonds is 6. The van der Waals surface area contributed by atoms with E-state index in [4.69, 9.17) is 9.84 Å². The molecule has 0 amide bonds. The van der Waals surface area contributed by atoms with Gasteiger partial charge in [-0.2, -0.15) is 0 Å². The molecule has 4 heteroatoms. The Morgan fingerprint density at radius 3 is 2.00 bits per heavy atom. The summed E-state index contributed by atoms with van der Waals surface area (Å²) in [4.78, 5) is 19.8. The summed E-state index contributed by atoms with van der Waals surface area (Å²) in [6.45, 7) is 9.67. The largest absolute Gasteiger partial charge is 0.481 e. The van der Waals surface area contributed by atoms with Crippen LogP contribution in [0.4, 0.5) is 0 Å². The Morgan fingerprint density at radius 2 is 1.63 bits per heavy atom. The Kier molecular flexibility index (Phi) is 13.4. The summed E-state index contributed by atoms with van der Waals surface area (Å²) in [5, 5.41) is 7.72. The summed E-state index contributed by atoms with van der Waals surface area (Å²) in [5.41, 5.74) is 2.61. The van der Waals surface area contributed by atoms with E-state index in [1.807, 2.05) is 6.08 Å². The lowest BCUT2D eigenvalue weighted by Crippen LogP contribution is -1.98. The van der Waals surface area contributed by atoms with Gasteiger partial charge in [0.05, 0.1) is 0 Å². The van der Waals surface area contributed by atoms with Crippen LogP contribution < -0.4 is 0 Å². The van der Waals surface area contributed by atoms with Gasteiger partial charge < -0.3 is 9.84 Å². The second-order valence-corrected chi connectivity index (χ2v) is 4.42. The highest BCUT2D eigenvalue weighted by Gasteiger charge is 1.91. The molecular formula is C15H26O4. The van der Waals surface area contributed by atoms with Crippen molar-refractivity contribution in [1.29, 1.82) is 0 Å². The smallest absolute Gasteiger partial charge is 0.303 e. The molecule has 0 saturated heterocycles. The van der Waals surface area contributed by atoms with E-state index in [0.29, 0.717) is 6.61 Å². The van der Waals surface area contributed by atoms with Gasteiger partial charge in [-0.3, -0.25) is 9.59 Å². The number of carboxylic acid groups (broad SMARTS) is 1. The summed E-state index contributed by atoms with van der Waals surface area (Å²) < 4.78 is 4.81. The van der Waals surface area contributed by atoms with Gasteiger partial charge in [-0.25, -0.2) is 0 Å². The maximum atomic E-state index is 10.5. The van der Waals surface area contributed by atoms with Crippen molar-refractivity contribution < 1.29 is 19.4 Å². The lowest BCUT2D eigenvalue weighted by molar-refractivity contribution is -0.140. The first-order valence-corrected chi connectivity index (χ1v) is 6.43. The number of hydrogen-bond acceptors (Lipinski definition) is 3. The summed E-state index contributed by atoms with van der Waals surface area (Å²) in [6, 6.07) is 0. The van der Waals surface area contributed by atoms with Gasteiger partial charge in [0.25, 0.3) is 0 Å². The SMILES string of the molecule is CC(=O)OC/C=C(\C)CCC=C(C)C.CCC(=O)O. The van der Waals surface area contributed by atoms with Gasteiger partial charge in [-0.1, -0.05) is 24.1 Å². The van der Waals surface area contributed by atoms with Crippen LogP contribution in [-0.4, -0.2) is 23.7 Å². The number of carbonyl (C=O) groups is 2. The Bertz CT molecular complexity index is 323. The van der Waals surface area contributed by atoms with E-state index in [-0.39, 0.29) is 12.4 Å². The molecule has 0 spiro atoms. The maximum absolute atomic E-state index is 10.5. The molecule has 0 saturated carbocycles. The first-order valence-electron chi connectivity index (χ1n) is 6.43. The minimum Gasteiger partial charge on any atom is -0.481 e. The van der Waals surface area contributed by atoms with Gasteiger partial charge in [-0.05, 0) is 39.7 Å². The monoisotopic (exact) mass is 270 g/mol. The topological polar surface area (TPSA) is 63.6 Å². The van der Waals surface area contributed by atoms with Crippen LogP contribution in [0.1, 0.15) is 53.9 Å². The van der Waals surface area contributed by atoms with Crippen LogP contribution in [0.15, 0.2) is 23.3 Å². The molecule has 0 rings (SSSR count). The Labute approximate surface area is 116 Å². The van der Waals surface area contributed by atoms with Crippen LogP contribution in [0, 0.1) is 0 Å². The molecule has 0 aromatic rings.